The summed E-state index contributed by atoms with van der Waals surface area (Å²) in [4.78, 5) is 0.0781. The van der Waals surface area contributed by atoms with Gasteiger partial charge in [0, 0.05) is 23.2 Å². The lowest BCUT2D eigenvalue weighted by molar-refractivity contribution is 0.467. The van der Waals surface area contributed by atoms with E-state index in [1.54, 1.807) is 6.07 Å². The van der Waals surface area contributed by atoms with Crippen LogP contribution in [0.4, 0.5) is 8.78 Å². The number of thiocarbonyl (C=S) groups is 1. The molecule has 0 aliphatic carbocycles. The second kappa shape index (κ2) is 5.50. The zero-order valence-electron chi connectivity index (χ0n) is 9.49. The summed E-state index contributed by atoms with van der Waals surface area (Å²) in [6, 6.07) is 7.48. The highest BCUT2D eigenvalue weighted by molar-refractivity contribution is 7.80. The normalized spacial score (nSPS) is 10.3. The van der Waals surface area contributed by atoms with E-state index in [0.29, 0.717) is 10.6 Å². The average molecular weight is 300 g/mol. The molecule has 0 aliphatic rings. The highest BCUT2D eigenvalue weighted by Crippen LogP contribution is 2.28. The standard InChI is InChI=1S/C13H8ClF2NOS/c14-7-1-2-12(11(3-7)13(17)19)18-10-5-8(15)4-9(16)6-10/h1-6H,(H2,17,19). The summed E-state index contributed by atoms with van der Waals surface area (Å²) in [6.45, 7) is 0. The Morgan fingerprint density at radius 2 is 1.74 bits per heavy atom. The summed E-state index contributed by atoms with van der Waals surface area (Å²) in [6.07, 6.45) is 0. The Labute approximate surface area is 118 Å². The third kappa shape index (κ3) is 3.39. The molecule has 2 N–H and O–H groups in total. The molecule has 2 nitrogen and oxygen atoms in total. The highest BCUT2D eigenvalue weighted by Gasteiger charge is 2.10. The first-order chi connectivity index (χ1) is 8.95. The summed E-state index contributed by atoms with van der Waals surface area (Å²) in [5, 5.41) is 0.431. The Bertz CT molecular complexity index is 628. The van der Waals surface area contributed by atoms with Gasteiger partial charge in [0.2, 0.25) is 0 Å². The first-order valence-corrected chi connectivity index (χ1v) is 5.97. The van der Waals surface area contributed by atoms with Crippen LogP contribution >= 0.6 is 23.8 Å². The lowest BCUT2D eigenvalue weighted by atomic mass is 10.2. The predicted molar refractivity (Wildman–Crippen MR) is 73.8 cm³/mol. The third-order valence-corrected chi connectivity index (χ3v) is 2.73. The first kappa shape index (κ1) is 13.7. The molecule has 2 rings (SSSR count). The molecule has 0 bridgehead atoms. The summed E-state index contributed by atoms with van der Waals surface area (Å²) in [5.41, 5.74) is 5.94. The molecule has 0 spiro atoms. The van der Waals surface area contributed by atoms with Crippen LogP contribution in [-0.2, 0) is 0 Å². The Kier molecular flexibility index (Phi) is 3.97. The Morgan fingerprint density at radius 1 is 1.11 bits per heavy atom. The molecule has 0 amide bonds. The predicted octanol–water partition coefficient (Wildman–Crippen LogP) is 4.04. The van der Waals surface area contributed by atoms with Gasteiger partial charge in [0.05, 0.1) is 5.56 Å². The van der Waals surface area contributed by atoms with Crippen molar-refractivity contribution >= 4 is 28.8 Å². The van der Waals surface area contributed by atoms with Gasteiger partial charge in [0.1, 0.15) is 28.1 Å². The van der Waals surface area contributed by atoms with E-state index >= 15 is 0 Å². The minimum atomic E-state index is -0.735. The van der Waals surface area contributed by atoms with Crippen LogP contribution in [0.15, 0.2) is 36.4 Å². The van der Waals surface area contributed by atoms with Crippen LogP contribution in [-0.4, -0.2) is 4.99 Å². The van der Waals surface area contributed by atoms with Crippen LogP contribution in [0.1, 0.15) is 5.56 Å². The Hall–Kier alpha value is -1.72. The maximum atomic E-state index is 13.1. The zero-order valence-corrected chi connectivity index (χ0v) is 11.1. The topological polar surface area (TPSA) is 35.2 Å². The van der Waals surface area contributed by atoms with Crippen molar-refractivity contribution in [1.29, 1.82) is 0 Å². The fraction of sp³-hybridized carbons (Fsp3) is 0. The summed E-state index contributed by atoms with van der Waals surface area (Å²) < 4.78 is 31.5. The maximum absolute atomic E-state index is 13.1. The molecule has 0 fully saturated rings. The van der Waals surface area contributed by atoms with Crippen molar-refractivity contribution in [2.45, 2.75) is 0 Å². The number of ether oxygens (including phenoxy) is 1. The van der Waals surface area contributed by atoms with Gasteiger partial charge in [-0.25, -0.2) is 8.78 Å². The van der Waals surface area contributed by atoms with Crippen molar-refractivity contribution in [3.8, 4) is 11.5 Å². The van der Waals surface area contributed by atoms with Crippen LogP contribution in [0.25, 0.3) is 0 Å². The minimum Gasteiger partial charge on any atom is -0.456 e. The second-order valence-corrected chi connectivity index (χ2v) is 4.59. The molecule has 0 saturated heterocycles. The lowest BCUT2D eigenvalue weighted by Gasteiger charge is -2.10. The molecule has 19 heavy (non-hydrogen) atoms. The minimum absolute atomic E-state index is 0.0114. The van der Waals surface area contributed by atoms with E-state index in [-0.39, 0.29) is 16.5 Å². The number of benzene rings is 2. The van der Waals surface area contributed by atoms with Crippen LogP contribution in [0.3, 0.4) is 0 Å². The van der Waals surface area contributed by atoms with E-state index in [0.717, 1.165) is 18.2 Å². The van der Waals surface area contributed by atoms with Crippen molar-refractivity contribution in [2.24, 2.45) is 5.73 Å². The van der Waals surface area contributed by atoms with Crippen LogP contribution in [0.5, 0.6) is 11.5 Å². The molecule has 6 heteroatoms. The van der Waals surface area contributed by atoms with E-state index in [1.165, 1.54) is 12.1 Å². The molecule has 0 saturated carbocycles. The Morgan fingerprint density at radius 3 is 2.32 bits per heavy atom. The second-order valence-electron chi connectivity index (χ2n) is 3.71. The highest BCUT2D eigenvalue weighted by atomic mass is 35.5. The van der Waals surface area contributed by atoms with Crippen LogP contribution < -0.4 is 10.5 Å². The molecule has 0 heterocycles. The molecular formula is C13H8ClF2NOS. The van der Waals surface area contributed by atoms with Gasteiger partial charge >= 0.3 is 0 Å². The monoisotopic (exact) mass is 299 g/mol. The van der Waals surface area contributed by atoms with Gasteiger partial charge in [-0.3, -0.25) is 0 Å². The van der Waals surface area contributed by atoms with Crippen molar-refractivity contribution in [3.05, 3.63) is 58.6 Å². The summed E-state index contributed by atoms with van der Waals surface area (Å²) >= 11 is 10.7. The van der Waals surface area contributed by atoms with Gasteiger partial charge < -0.3 is 10.5 Å². The quantitative estimate of drug-likeness (QED) is 0.869. The van der Waals surface area contributed by atoms with Gasteiger partial charge in [0.25, 0.3) is 0 Å². The zero-order chi connectivity index (χ0) is 14.0. The molecule has 0 aromatic heterocycles. The van der Waals surface area contributed by atoms with Crippen molar-refractivity contribution in [3.63, 3.8) is 0 Å². The molecule has 2 aromatic carbocycles. The molecule has 0 radical (unpaired) electrons. The smallest absolute Gasteiger partial charge is 0.137 e. The number of rotatable bonds is 3. The lowest BCUT2D eigenvalue weighted by Crippen LogP contribution is -2.10. The molecule has 0 unspecified atom stereocenters. The molecule has 0 atom stereocenters. The van der Waals surface area contributed by atoms with E-state index in [9.17, 15) is 8.78 Å². The van der Waals surface area contributed by atoms with Gasteiger partial charge in [-0.05, 0) is 18.2 Å². The number of hydrogen-bond acceptors (Lipinski definition) is 2. The Balaban J connectivity index is 2.40. The van der Waals surface area contributed by atoms with Crippen molar-refractivity contribution < 1.29 is 13.5 Å². The molecule has 98 valence electrons. The number of nitrogens with two attached hydrogens (primary N) is 1. The summed E-state index contributed by atoms with van der Waals surface area (Å²) in [5.74, 6) is -1.18. The summed E-state index contributed by atoms with van der Waals surface area (Å²) in [7, 11) is 0. The van der Waals surface area contributed by atoms with Gasteiger partial charge in [-0.15, -0.1) is 0 Å². The maximum Gasteiger partial charge on any atom is 0.137 e. The fourth-order valence-corrected chi connectivity index (χ4v) is 1.83. The van der Waals surface area contributed by atoms with E-state index in [2.05, 4.69) is 0 Å². The van der Waals surface area contributed by atoms with E-state index in [1.807, 2.05) is 0 Å². The van der Waals surface area contributed by atoms with Gasteiger partial charge in [-0.2, -0.15) is 0 Å². The fourth-order valence-electron chi connectivity index (χ4n) is 1.50. The van der Waals surface area contributed by atoms with E-state index in [4.69, 9.17) is 34.3 Å². The van der Waals surface area contributed by atoms with Crippen LogP contribution in [0.2, 0.25) is 5.02 Å². The first-order valence-electron chi connectivity index (χ1n) is 5.19. The molecular weight excluding hydrogens is 292 g/mol. The van der Waals surface area contributed by atoms with Crippen molar-refractivity contribution in [2.75, 3.05) is 0 Å². The van der Waals surface area contributed by atoms with Crippen LogP contribution in [0, 0.1) is 11.6 Å². The van der Waals surface area contributed by atoms with Crippen molar-refractivity contribution in [1.82, 2.24) is 0 Å². The number of halogens is 3. The van der Waals surface area contributed by atoms with Gasteiger partial charge in [-0.1, -0.05) is 23.8 Å². The average Bonchev–Trinajstić information content (AvgIpc) is 2.30. The molecule has 2 aromatic rings. The van der Waals surface area contributed by atoms with E-state index < -0.39 is 11.6 Å². The SMILES string of the molecule is NC(=S)c1cc(Cl)ccc1Oc1cc(F)cc(F)c1. The molecule has 0 aliphatic heterocycles. The largest absolute Gasteiger partial charge is 0.456 e. The van der Waals surface area contributed by atoms with Gasteiger partial charge in [0.15, 0.2) is 0 Å². The number of hydrogen-bond donors (Lipinski definition) is 1. The third-order valence-electron chi connectivity index (χ3n) is 2.27.